The van der Waals surface area contributed by atoms with Crippen LogP contribution in [0.2, 0.25) is 0 Å². The number of nitrogens with one attached hydrogen (secondary N) is 1. The molecule has 1 heterocycles. The average molecular weight is 249 g/mol. The molecule has 1 N–H and O–H groups in total. The van der Waals surface area contributed by atoms with Crippen LogP contribution in [0.1, 0.15) is 6.42 Å². The Morgan fingerprint density at radius 1 is 1.28 bits per heavy atom. The van der Waals surface area contributed by atoms with Gasteiger partial charge in [0.25, 0.3) is 0 Å². The fraction of sp³-hybridized carbons (Fsp3) is 0.308. The summed E-state index contributed by atoms with van der Waals surface area (Å²) in [7, 11) is 1.92. The van der Waals surface area contributed by atoms with Crippen molar-refractivity contribution in [1.82, 2.24) is 15.1 Å². The highest BCUT2D eigenvalue weighted by Gasteiger charge is 2.01. The molecule has 0 fully saturated rings. The van der Waals surface area contributed by atoms with Gasteiger partial charge in [0.05, 0.1) is 12.4 Å². The van der Waals surface area contributed by atoms with Gasteiger partial charge in [-0.05, 0) is 44.3 Å². The van der Waals surface area contributed by atoms with Gasteiger partial charge in [-0.1, -0.05) is 0 Å². The zero-order valence-corrected chi connectivity index (χ0v) is 10.3. The first-order chi connectivity index (χ1) is 8.78. The molecule has 2 rings (SSSR count). The summed E-state index contributed by atoms with van der Waals surface area (Å²) in [6, 6.07) is 5.92. The van der Waals surface area contributed by atoms with Gasteiger partial charge in [-0.25, -0.2) is 4.39 Å². The summed E-state index contributed by atoms with van der Waals surface area (Å²) in [4.78, 5) is 0. The summed E-state index contributed by atoms with van der Waals surface area (Å²) < 4.78 is 20.1. The molecule has 0 aliphatic carbocycles. The van der Waals surface area contributed by atoms with E-state index in [1.807, 2.05) is 17.9 Å². The first-order valence-electron chi connectivity index (χ1n) is 5.88. The van der Waals surface area contributed by atoms with Crippen LogP contribution in [-0.2, 0) is 6.54 Å². The van der Waals surface area contributed by atoms with Crippen LogP contribution < -0.4 is 10.1 Å². The largest absolute Gasteiger partial charge is 0.454 e. The van der Waals surface area contributed by atoms with Crippen LogP contribution in [0.4, 0.5) is 4.39 Å². The second-order valence-electron chi connectivity index (χ2n) is 3.95. The number of nitrogens with zero attached hydrogens (tertiary/aromatic N) is 2. The number of hydrogen-bond acceptors (Lipinski definition) is 3. The van der Waals surface area contributed by atoms with Gasteiger partial charge in [0.1, 0.15) is 11.6 Å². The minimum Gasteiger partial charge on any atom is -0.454 e. The van der Waals surface area contributed by atoms with Gasteiger partial charge in [0.15, 0.2) is 5.75 Å². The summed E-state index contributed by atoms with van der Waals surface area (Å²) in [5.74, 6) is 0.988. The Labute approximate surface area is 105 Å². The maximum atomic E-state index is 12.7. The van der Waals surface area contributed by atoms with Crippen LogP contribution in [0.25, 0.3) is 0 Å². The predicted molar refractivity (Wildman–Crippen MR) is 67.2 cm³/mol. The van der Waals surface area contributed by atoms with Crippen molar-refractivity contribution in [1.29, 1.82) is 0 Å². The van der Waals surface area contributed by atoms with Crippen molar-refractivity contribution < 1.29 is 9.13 Å². The van der Waals surface area contributed by atoms with Crippen LogP contribution in [0, 0.1) is 5.82 Å². The lowest BCUT2D eigenvalue weighted by molar-refractivity contribution is 0.478. The molecule has 0 saturated heterocycles. The Morgan fingerprint density at radius 2 is 2.06 bits per heavy atom. The van der Waals surface area contributed by atoms with E-state index in [9.17, 15) is 4.39 Å². The van der Waals surface area contributed by atoms with Crippen LogP contribution >= 0.6 is 0 Å². The molecular weight excluding hydrogens is 233 g/mol. The lowest BCUT2D eigenvalue weighted by atomic mass is 10.3. The third-order valence-corrected chi connectivity index (χ3v) is 2.47. The van der Waals surface area contributed by atoms with E-state index in [2.05, 4.69) is 10.4 Å². The normalized spacial score (nSPS) is 10.6. The zero-order chi connectivity index (χ0) is 12.8. The minimum atomic E-state index is -0.273. The molecule has 0 saturated carbocycles. The standard InChI is InChI=1S/C13H16FN3O/c1-15-7-2-8-17-10-13(9-16-17)18-12-5-3-11(14)4-6-12/h3-6,9-10,15H,2,7-8H2,1H3. The van der Waals surface area contributed by atoms with E-state index < -0.39 is 0 Å². The first kappa shape index (κ1) is 12.6. The van der Waals surface area contributed by atoms with Crippen molar-refractivity contribution in [3.63, 3.8) is 0 Å². The van der Waals surface area contributed by atoms with Crippen LogP contribution in [0.15, 0.2) is 36.7 Å². The topological polar surface area (TPSA) is 39.1 Å². The molecular formula is C13H16FN3O. The van der Waals surface area contributed by atoms with Crippen LogP contribution in [-0.4, -0.2) is 23.4 Å². The fourth-order valence-electron chi connectivity index (χ4n) is 1.58. The lowest BCUT2D eigenvalue weighted by Gasteiger charge is -2.02. The molecule has 4 nitrogen and oxygen atoms in total. The van der Waals surface area contributed by atoms with E-state index in [4.69, 9.17) is 4.74 Å². The Hall–Kier alpha value is -1.88. The monoisotopic (exact) mass is 249 g/mol. The van der Waals surface area contributed by atoms with Crippen molar-refractivity contribution in [3.05, 3.63) is 42.5 Å². The predicted octanol–water partition coefficient (Wildman–Crippen LogP) is 2.42. The molecule has 1 aromatic carbocycles. The lowest BCUT2D eigenvalue weighted by Crippen LogP contribution is -2.11. The quantitative estimate of drug-likeness (QED) is 0.799. The Kier molecular flexibility index (Phi) is 4.30. The highest BCUT2D eigenvalue weighted by atomic mass is 19.1. The number of halogens is 1. The van der Waals surface area contributed by atoms with Gasteiger partial charge in [-0.2, -0.15) is 5.10 Å². The van der Waals surface area contributed by atoms with E-state index in [-0.39, 0.29) is 5.82 Å². The molecule has 0 unspecified atom stereocenters. The van der Waals surface area contributed by atoms with Gasteiger partial charge in [0.2, 0.25) is 0 Å². The molecule has 0 atom stereocenters. The number of benzene rings is 1. The number of ether oxygens (including phenoxy) is 1. The molecule has 5 heteroatoms. The molecule has 0 aliphatic heterocycles. The number of rotatable bonds is 6. The third kappa shape index (κ3) is 3.56. The van der Waals surface area contributed by atoms with Gasteiger partial charge in [-0.15, -0.1) is 0 Å². The summed E-state index contributed by atoms with van der Waals surface area (Å²) >= 11 is 0. The molecule has 0 bridgehead atoms. The Balaban J connectivity index is 1.91. The SMILES string of the molecule is CNCCCn1cc(Oc2ccc(F)cc2)cn1. The number of aromatic nitrogens is 2. The highest BCUT2D eigenvalue weighted by molar-refractivity contribution is 5.28. The van der Waals surface area contributed by atoms with Gasteiger partial charge < -0.3 is 10.1 Å². The zero-order valence-electron chi connectivity index (χ0n) is 10.3. The summed E-state index contributed by atoms with van der Waals surface area (Å²) in [6.07, 6.45) is 4.50. The van der Waals surface area contributed by atoms with E-state index in [1.54, 1.807) is 18.3 Å². The molecule has 96 valence electrons. The smallest absolute Gasteiger partial charge is 0.165 e. The van der Waals surface area contributed by atoms with Crippen molar-refractivity contribution in [2.75, 3.05) is 13.6 Å². The first-order valence-corrected chi connectivity index (χ1v) is 5.88. The molecule has 0 amide bonds. The highest BCUT2D eigenvalue weighted by Crippen LogP contribution is 2.20. The fourth-order valence-corrected chi connectivity index (χ4v) is 1.58. The maximum absolute atomic E-state index is 12.7. The minimum absolute atomic E-state index is 0.273. The summed E-state index contributed by atoms with van der Waals surface area (Å²) in [5, 5.41) is 7.27. The molecule has 0 spiro atoms. The summed E-state index contributed by atoms with van der Waals surface area (Å²) in [5.41, 5.74) is 0. The average Bonchev–Trinajstić information content (AvgIpc) is 2.80. The number of aryl methyl sites for hydroxylation is 1. The van der Waals surface area contributed by atoms with Crippen molar-refractivity contribution in [3.8, 4) is 11.5 Å². The van der Waals surface area contributed by atoms with E-state index in [0.29, 0.717) is 11.5 Å². The van der Waals surface area contributed by atoms with Gasteiger partial charge in [0, 0.05) is 6.54 Å². The number of hydrogen-bond donors (Lipinski definition) is 1. The Bertz CT molecular complexity index is 481. The van der Waals surface area contributed by atoms with Crippen LogP contribution in [0.5, 0.6) is 11.5 Å². The molecule has 2 aromatic rings. The molecule has 0 aliphatic rings. The molecule has 18 heavy (non-hydrogen) atoms. The van der Waals surface area contributed by atoms with Gasteiger partial charge in [-0.3, -0.25) is 4.68 Å². The summed E-state index contributed by atoms with van der Waals surface area (Å²) in [6.45, 7) is 1.79. The molecule has 0 radical (unpaired) electrons. The maximum Gasteiger partial charge on any atom is 0.165 e. The van der Waals surface area contributed by atoms with E-state index in [1.165, 1.54) is 12.1 Å². The third-order valence-electron chi connectivity index (χ3n) is 2.47. The van der Waals surface area contributed by atoms with Crippen molar-refractivity contribution >= 4 is 0 Å². The van der Waals surface area contributed by atoms with E-state index >= 15 is 0 Å². The van der Waals surface area contributed by atoms with Gasteiger partial charge >= 0.3 is 0 Å². The second-order valence-corrected chi connectivity index (χ2v) is 3.95. The van der Waals surface area contributed by atoms with Crippen molar-refractivity contribution in [2.24, 2.45) is 0 Å². The second kappa shape index (κ2) is 6.16. The van der Waals surface area contributed by atoms with E-state index in [0.717, 1.165) is 19.5 Å². The Morgan fingerprint density at radius 3 is 2.78 bits per heavy atom. The van der Waals surface area contributed by atoms with Crippen LogP contribution in [0.3, 0.4) is 0 Å². The van der Waals surface area contributed by atoms with Crippen molar-refractivity contribution in [2.45, 2.75) is 13.0 Å². The molecule has 1 aromatic heterocycles.